The molecule has 1 aliphatic rings. The Labute approximate surface area is 164 Å². The maximum absolute atomic E-state index is 12.9. The molecule has 0 atom stereocenters. The van der Waals surface area contributed by atoms with E-state index in [0.29, 0.717) is 23.4 Å². The lowest BCUT2D eigenvalue weighted by Crippen LogP contribution is -2.16. The number of carbonyl (C=O) groups excluding carboxylic acids is 2. The van der Waals surface area contributed by atoms with Crippen molar-refractivity contribution in [3.8, 4) is 0 Å². The lowest BCUT2D eigenvalue weighted by Gasteiger charge is -2.12. The molecule has 140 valence electrons. The van der Waals surface area contributed by atoms with Crippen molar-refractivity contribution in [2.24, 2.45) is 5.92 Å². The molecule has 1 saturated carbocycles. The molecule has 0 saturated heterocycles. The van der Waals surface area contributed by atoms with Crippen LogP contribution in [0, 0.1) is 5.92 Å². The first kappa shape index (κ1) is 18.0. The molecule has 4 nitrogen and oxygen atoms in total. The first-order valence-electron chi connectivity index (χ1n) is 9.53. The van der Waals surface area contributed by atoms with Crippen molar-refractivity contribution in [2.45, 2.75) is 19.3 Å². The molecule has 3 aromatic carbocycles. The fourth-order valence-electron chi connectivity index (χ4n) is 3.17. The molecule has 0 unspecified atom stereocenters. The van der Waals surface area contributed by atoms with Crippen molar-refractivity contribution in [1.82, 2.24) is 0 Å². The van der Waals surface area contributed by atoms with Gasteiger partial charge >= 0.3 is 0 Å². The van der Waals surface area contributed by atoms with Gasteiger partial charge in [-0.3, -0.25) is 9.59 Å². The standard InChI is InChI=1S/C24H22N2O2/c27-23(18-13-14-18)25-20-10-6-11-21(16-20)26-24(28)22-12-5-4-9-19(22)15-17-7-2-1-3-8-17/h1-12,16,18H,13-15H2,(H,25,27)(H,26,28). The largest absolute Gasteiger partial charge is 0.326 e. The summed E-state index contributed by atoms with van der Waals surface area (Å²) in [6.45, 7) is 0. The smallest absolute Gasteiger partial charge is 0.255 e. The van der Waals surface area contributed by atoms with Crippen LogP contribution in [0.2, 0.25) is 0 Å². The van der Waals surface area contributed by atoms with E-state index in [9.17, 15) is 9.59 Å². The van der Waals surface area contributed by atoms with Gasteiger partial charge < -0.3 is 10.6 Å². The van der Waals surface area contributed by atoms with Crippen LogP contribution in [-0.2, 0) is 11.2 Å². The Bertz CT molecular complexity index is 994. The summed E-state index contributed by atoms with van der Waals surface area (Å²) in [7, 11) is 0. The zero-order chi connectivity index (χ0) is 19.3. The number of hydrogen-bond donors (Lipinski definition) is 2. The van der Waals surface area contributed by atoms with E-state index in [2.05, 4.69) is 22.8 Å². The molecule has 1 fully saturated rings. The lowest BCUT2D eigenvalue weighted by molar-refractivity contribution is -0.117. The van der Waals surface area contributed by atoms with Crippen LogP contribution in [0.5, 0.6) is 0 Å². The first-order valence-corrected chi connectivity index (χ1v) is 9.53. The predicted octanol–water partition coefficient (Wildman–Crippen LogP) is 4.88. The molecule has 3 aromatic rings. The van der Waals surface area contributed by atoms with Crippen molar-refractivity contribution in [2.75, 3.05) is 10.6 Å². The van der Waals surface area contributed by atoms with Gasteiger partial charge in [-0.1, -0.05) is 54.6 Å². The van der Waals surface area contributed by atoms with Crippen LogP contribution >= 0.6 is 0 Å². The van der Waals surface area contributed by atoms with E-state index < -0.39 is 0 Å². The SMILES string of the molecule is O=C(Nc1cccc(NC(=O)C2CC2)c1)c1ccccc1Cc1ccccc1. The topological polar surface area (TPSA) is 58.2 Å². The summed E-state index contributed by atoms with van der Waals surface area (Å²) in [4.78, 5) is 24.8. The summed E-state index contributed by atoms with van der Waals surface area (Å²) in [5, 5.41) is 5.86. The molecule has 0 bridgehead atoms. The van der Waals surface area contributed by atoms with E-state index in [1.165, 1.54) is 0 Å². The molecule has 0 aromatic heterocycles. The minimum Gasteiger partial charge on any atom is -0.326 e. The molecule has 1 aliphatic carbocycles. The molecule has 28 heavy (non-hydrogen) atoms. The molecular weight excluding hydrogens is 348 g/mol. The van der Waals surface area contributed by atoms with Crippen LogP contribution < -0.4 is 10.6 Å². The van der Waals surface area contributed by atoms with Gasteiger partial charge in [0.25, 0.3) is 5.91 Å². The summed E-state index contributed by atoms with van der Waals surface area (Å²) in [6.07, 6.45) is 2.61. The molecule has 4 heteroatoms. The highest BCUT2D eigenvalue weighted by atomic mass is 16.2. The minimum absolute atomic E-state index is 0.0525. The zero-order valence-electron chi connectivity index (χ0n) is 15.5. The van der Waals surface area contributed by atoms with E-state index >= 15 is 0 Å². The van der Waals surface area contributed by atoms with E-state index in [-0.39, 0.29) is 17.7 Å². The second-order valence-corrected chi connectivity index (χ2v) is 7.12. The van der Waals surface area contributed by atoms with Crippen molar-refractivity contribution < 1.29 is 9.59 Å². The van der Waals surface area contributed by atoms with Gasteiger partial charge in [-0.2, -0.15) is 0 Å². The highest BCUT2D eigenvalue weighted by Crippen LogP contribution is 2.30. The molecule has 2 N–H and O–H groups in total. The Morgan fingerprint density at radius 1 is 0.786 bits per heavy atom. The van der Waals surface area contributed by atoms with Gasteiger partial charge in [0.2, 0.25) is 5.91 Å². The number of anilines is 2. The fraction of sp³-hybridized carbons (Fsp3) is 0.167. The zero-order valence-corrected chi connectivity index (χ0v) is 15.5. The average molecular weight is 370 g/mol. The predicted molar refractivity (Wildman–Crippen MR) is 111 cm³/mol. The molecular formula is C24H22N2O2. The Kier molecular flexibility index (Phi) is 5.20. The normalized spacial score (nSPS) is 13.0. The monoisotopic (exact) mass is 370 g/mol. The van der Waals surface area contributed by atoms with Gasteiger partial charge in [0.15, 0.2) is 0 Å². The maximum atomic E-state index is 12.9. The van der Waals surface area contributed by atoms with Crippen LogP contribution in [0.15, 0.2) is 78.9 Å². The first-order chi connectivity index (χ1) is 13.7. The highest BCUT2D eigenvalue weighted by molar-refractivity contribution is 6.05. The van der Waals surface area contributed by atoms with Gasteiger partial charge in [-0.05, 0) is 54.7 Å². The van der Waals surface area contributed by atoms with Crippen molar-refractivity contribution in [1.29, 1.82) is 0 Å². The number of nitrogens with one attached hydrogen (secondary N) is 2. The summed E-state index contributed by atoms with van der Waals surface area (Å²) in [6, 6.07) is 25.0. The number of hydrogen-bond acceptors (Lipinski definition) is 2. The minimum atomic E-state index is -0.155. The third kappa shape index (κ3) is 4.46. The average Bonchev–Trinajstić information content (AvgIpc) is 3.55. The molecule has 0 radical (unpaired) electrons. The van der Waals surface area contributed by atoms with Crippen molar-refractivity contribution in [3.05, 3.63) is 95.6 Å². The van der Waals surface area contributed by atoms with E-state index in [1.807, 2.05) is 60.7 Å². The molecule has 0 aliphatic heterocycles. The Balaban J connectivity index is 1.49. The maximum Gasteiger partial charge on any atom is 0.255 e. The van der Waals surface area contributed by atoms with Crippen LogP contribution in [0.3, 0.4) is 0 Å². The van der Waals surface area contributed by atoms with E-state index in [4.69, 9.17) is 0 Å². The van der Waals surface area contributed by atoms with Gasteiger partial charge in [0.05, 0.1) is 0 Å². The second-order valence-electron chi connectivity index (χ2n) is 7.12. The number of benzene rings is 3. The lowest BCUT2D eigenvalue weighted by atomic mass is 9.99. The van der Waals surface area contributed by atoms with Gasteiger partial charge in [0, 0.05) is 22.9 Å². The summed E-state index contributed by atoms with van der Waals surface area (Å²) >= 11 is 0. The van der Waals surface area contributed by atoms with Crippen LogP contribution in [0.25, 0.3) is 0 Å². The quantitative estimate of drug-likeness (QED) is 0.650. The van der Waals surface area contributed by atoms with Gasteiger partial charge in [-0.25, -0.2) is 0 Å². The molecule has 4 rings (SSSR count). The number of carbonyl (C=O) groups is 2. The molecule has 0 spiro atoms. The summed E-state index contributed by atoms with van der Waals surface area (Å²) < 4.78 is 0. The summed E-state index contributed by atoms with van der Waals surface area (Å²) in [5.74, 6) is 0.0389. The molecule has 2 amide bonds. The number of rotatable bonds is 6. The van der Waals surface area contributed by atoms with Gasteiger partial charge in [0.1, 0.15) is 0 Å². The Hall–Kier alpha value is -3.40. The van der Waals surface area contributed by atoms with Crippen LogP contribution in [0.4, 0.5) is 11.4 Å². The highest BCUT2D eigenvalue weighted by Gasteiger charge is 2.29. The van der Waals surface area contributed by atoms with Gasteiger partial charge in [-0.15, -0.1) is 0 Å². The third-order valence-corrected chi connectivity index (χ3v) is 4.84. The second kappa shape index (κ2) is 8.09. The third-order valence-electron chi connectivity index (χ3n) is 4.84. The Morgan fingerprint density at radius 2 is 1.46 bits per heavy atom. The van der Waals surface area contributed by atoms with E-state index in [0.717, 1.165) is 24.0 Å². The Morgan fingerprint density at radius 3 is 2.21 bits per heavy atom. The fourth-order valence-corrected chi connectivity index (χ4v) is 3.17. The molecule has 0 heterocycles. The number of amides is 2. The van der Waals surface area contributed by atoms with E-state index in [1.54, 1.807) is 6.07 Å². The van der Waals surface area contributed by atoms with Crippen LogP contribution in [-0.4, -0.2) is 11.8 Å². The van der Waals surface area contributed by atoms with Crippen molar-refractivity contribution >= 4 is 23.2 Å². The summed E-state index contributed by atoms with van der Waals surface area (Å²) in [5.41, 5.74) is 4.15. The van der Waals surface area contributed by atoms with Crippen LogP contribution in [0.1, 0.15) is 34.3 Å². The van der Waals surface area contributed by atoms with Crippen molar-refractivity contribution in [3.63, 3.8) is 0 Å².